The molecule has 21 heavy (non-hydrogen) atoms. The number of hydrogen-bond acceptors (Lipinski definition) is 3. The number of aromatic hydroxyl groups is 1. The van der Waals surface area contributed by atoms with Crippen LogP contribution in [0.1, 0.15) is 15.9 Å². The van der Waals surface area contributed by atoms with Gasteiger partial charge >= 0.3 is 6.18 Å². The quantitative estimate of drug-likeness (QED) is 0.588. The van der Waals surface area contributed by atoms with Gasteiger partial charge in [-0.1, -0.05) is 12.1 Å². The van der Waals surface area contributed by atoms with Crippen molar-refractivity contribution in [2.45, 2.75) is 6.18 Å². The molecule has 2 rings (SSSR count). The van der Waals surface area contributed by atoms with Crippen LogP contribution in [0.25, 0.3) is 0 Å². The smallest absolute Gasteiger partial charge is 0.418 e. The Labute approximate surface area is 118 Å². The second-order valence-electron chi connectivity index (χ2n) is 4.27. The molecule has 0 heterocycles. The van der Waals surface area contributed by atoms with Crippen LogP contribution < -0.4 is 11.1 Å². The van der Waals surface area contributed by atoms with Gasteiger partial charge in [-0.15, -0.1) is 0 Å². The first kappa shape index (κ1) is 14.7. The molecule has 0 aliphatic rings. The summed E-state index contributed by atoms with van der Waals surface area (Å²) in [5, 5.41) is 11.6. The minimum atomic E-state index is -4.58. The molecule has 0 aromatic heterocycles. The monoisotopic (exact) mass is 296 g/mol. The van der Waals surface area contributed by atoms with Crippen LogP contribution >= 0.6 is 0 Å². The molecule has 2 aromatic carbocycles. The van der Waals surface area contributed by atoms with E-state index in [1.807, 2.05) is 0 Å². The third-order valence-corrected chi connectivity index (χ3v) is 2.77. The SMILES string of the molecule is Nc1ccc(C(=O)Nc2ccccc2C(F)(F)F)cc1O. The topological polar surface area (TPSA) is 75.4 Å². The van der Waals surface area contributed by atoms with E-state index in [9.17, 15) is 23.1 Å². The highest BCUT2D eigenvalue weighted by Crippen LogP contribution is 2.34. The maximum absolute atomic E-state index is 12.8. The van der Waals surface area contributed by atoms with Gasteiger partial charge in [0.25, 0.3) is 5.91 Å². The molecule has 0 saturated carbocycles. The van der Waals surface area contributed by atoms with Crippen molar-refractivity contribution in [1.29, 1.82) is 0 Å². The highest BCUT2D eigenvalue weighted by Gasteiger charge is 2.33. The molecule has 0 atom stereocenters. The molecule has 0 radical (unpaired) electrons. The number of nitrogens with two attached hydrogens (primary N) is 1. The molecule has 0 bridgehead atoms. The van der Waals surface area contributed by atoms with Crippen LogP contribution in [0.5, 0.6) is 5.75 Å². The minimum absolute atomic E-state index is 0.00122. The summed E-state index contributed by atoms with van der Waals surface area (Å²) in [4.78, 5) is 11.9. The molecular weight excluding hydrogens is 285 g/mol. The van der Waals surface area contributed by atoms with Crippen LogP contribution in [0.4, 0.5) is 24.5 Å². The number of nitrogen functional groups attached to an aromatic ring is 1. The Hall–Kier alpha value is -2.70. The van der Waals surface area contributed by atoms with Crippen LogP contribution in [-0.2, 0) is 6.18 Å². The first-order valence-electron chi connectivity index (χ1n) is 5.85. The molecule has 4 nitrogen and oxygen atoms in total. The largest absolute Gasteiger partial charge is 0.506 e. The number of phenolic OH excluding ortho intramolecular Hbond substituents is 1. The number of amides is 1. The third-order valence-electron chi connectivity index (χ3n) is 2.77. The molecule has 1 amide bonds. The Morgan fingerprint density at radius 3 is 2.43 bits per heavy atom. The summed E-state index contributed by atoms with van der Waals surface area (Å²) >= 11 is 0. The summed E-state index contributed by atoms with van der Waals surface area (Å²) in [6.07, 6.45) is -4.58. The molecule has 0 fully saturated rings. The maximum atomic E-state index is 12.8. The second kappa shape index (κ2) is 5.35. The van der Waals surface area contributed by atoms with Crippen molar-refractivity contribution in [3.05, 3.63) is 53.6 Å². The Balaban J connectivity index is 2.30. The fourth-order valence-electron chi connectivity index (χ4n) is 1.72. The van der Waals surface area contributed by atoms with E-state index >= 15 is 0 Å². The fraction of sp³-hybridized carbons (Fsp3) is 0.0714. The summed E-state index contributed by atoms with van der Waals surface area (Å²) < 4.78 is 38.4. The summed E-state index contributed by atoms with van der Waals surface area (Å²) in [5.74, 6) is -1.09. The predicted octanol–water partition coefficient (Wildman–Crippen LogP) is 3.25. The lowest BCUT2D eigenvalue weighted by molar-refractivity contribution is -0.136. The van der Waals surface area contributed by atoms with Gasteiger partial charge in [-0.05, 0) is 30.3 Å². The molecule has 2 aromatic rings. The Bertz CT molecular complexity index is 684. The summed E-state index contributed by atoms with van der Waals surface area (Å²) in [6.45, 7) is 0. The van der Waals surface area contributed by atoms with Gasteiger partial charge in [0, 0.05) is 5.56 Å². The first-order chi connectivity index (χ1) is 9.79. The summed E-state index contributed by atoms with van der Waals surface area (Å²) in [6, 6.07) is 8.31. The lowest BCUT2D eigenvalue weighted by Crippen LogP contribution is -2.16. The van der Waals surface area contributed by atoms with Crippen LogP contribution in [0.15, 0.2) is 42.5 Å². The molecular formula is C14H11F3N2O2. The number of anilines is 2. The van der Waals surface area contributed by atoms with Crippen molar-refractivity contribution in [3.63, 3.8) is 0 Å². The Morgan fingerprint density at radius 2 is 1.81 bits per heavy atom. The third kappa shape index (κ3) is 3.25. The zero-order chi connectivity index (χ0) is 15.6. The number of carbonyl (C=O) groups is 1. The van der Waals surface area contributed by atoms with Crippen molar-refractivity contribution >= 4 is 17.3 Å². The van der Waals surface area contributed by atoms with Gasteiger partial charge in [0.1, 0.15) is 5.75 Å². The molecule has 0 aliphatic heterocycles. The summed E-state index contributed by atoms with van der Waals surface area (Å²) in [7, 11) is 0. The molecule has 0 aliphatic carbocycles. The minimum Gasteiger partial charge on any atom is -0.506 e. The number of phenols is 1. The van der Waals surface area contributed by atoms with E-state index < -0.39 is 17.6 Å². The van der Waals surface area contributed by atoms with Crippen molar-refractivity contribution in [2.24, 2.45) is 0 Å². The number of alkyl halides is 3. The second-order valence-corrected chi connectivity index (χ2v) is 4.27. The zero-order valence-electron chi connectivity index (χ0n) is 10.6. The number of para-hydroxylation sites is 1. The number of nitrogens with one attached hydrogen (secondary N) is 1. The van der Waals surface area contributed by atoms with E-state index in [0.717, 1.165) is 18.2 Å². The van der Waals surface area contributed by atoms with Crippen LogP contribution in [0, 0.1) is 0 Å². The van der Waals surface area contributed by atoms with Gasteiger partial charge in [-0.3, -0.25) is 4.79 Å². The standard InChI is InChI=1S/C14H11F3N2O2/c15-14(16,17)9-3-1-2-4-11(9)19-13(21)8-5-6-10(18)12(20)7-8/h1-7,20H,18H2,(H,19,21). The van der Waals surface area contributed by atoms with Crippen molar-refractivity contribution in [1.82, 2.24) is 0 Å². The van der Waals surface area contributed by atoms with Crippen molar-refractivity contribution in [3.8, 4) is 5.75 Å². The van der Waals surface area contributed by atoms with Gasteiger partial charge in [0.15, 0.2) is 0 Å². The molecule has 0 saturated heterocycles. The van der Waals surface area contributed by atoms with Gasteiger partial charge in [0.05, 0.1) is 16.9 Å². The molecule has 110 valence electrons. The van der Waals surface area contributed by atoms with Gasteiger partial charge in [-0.25, -0.2) is 0 Å². The van der Waals surface area contributed by atoms with Crippen LogP contribution in [0.2, 0.25) is 0 Å². The van der Waals surface area contributed by atoms with Gasteiger partial charge in [-0.2, -0.15) is 13.2 Å². The van der Waals surface area contributed by atoms with Gasteiger partial charge in [0.2, 0.25) is 0 Å². The number of rotatable bonds is 2. The Morgan fingerprint density at radius 1 is 1.14 bits per heavy atom. The number of halogens is 3. The van der Waals surface area contributed by atoms with E-state index in [1.165, 1.54) is 24.3 Å². The fourth-order valence-corrected chi connectivity index (χ4v) is 1.72. The van der Waals surface area contributed by atoms with Gasteiger partial charge < -0.3 is 16.2 Å². The van der Waals surface area contributed by atoms with E-state index in [2.05, 4.69) is 5.32 Å². The zero-order valence-corrected chi connectivity index (χ0v) is 10.6. The Kier molecular flexibility index (Phi) is 3.75. The lowest BCUT2D eigenvalue weighted by atomic mass is 10.1. The average molecular weight is 296 g/mol. The summed E-state index contributed by atoms with van der Waals surface area (Å²) in [5.41, 5.74) is 4.16. The normalized spacial score (nSPS) is 11.2. The van der Waals surface area contributed by atoms with Crippen molar-refractivity contribution < 1.29 is 23.1 Å². The number of benzene rings is 2. The van der Waals surface area contributed by atoms with E-state index in [1.54, 1.807) is 0 Å². The first-order valence-corrected chi connectivity index (χ1v) is 5.85. The molecule has 4 N–H and O–H groups in total. The van der Waals surface area contributed by atoms with E-state index in [0.29, 0.717) is 0 Å². The average Bonchev–Trinajstić information content (AvgIpc) is 2.41. The molecule has 0 unspecified atom stereocenters. The van der Waals surface area contributed by atoms with Crippen LogP contribution in [0.3, 0.4) is 0 Å². The molecule has 7 heteroatoms. The van der Waals surface area contributed by atoms with E-state index in [4.69, 9.17) is 5.73 Å². The number of hydrogen-bond donors (Lipinski definition) is 3. The van der Waals surface area contributed by atoms with Crippen molar-refractivity contribution in [2.75, 3.05) is 11.1 Å². The van der Waals surface area contributed by atoms with E-state index in [-0.39, 0.29) is 22.7 Å². The maximum Gasteiger partial charge on any atom is 0.418 e. The number of carbonyl (C=O) groups excluding carboxylic acids is 1. The van der Waals surface area contributed by atoms with Crippen LogP contribution in [-0.4, -0.2) is 11.0 Å². The highest BCUT2D eigenvalue weighted by atomic mass is 19.4. The lowest BCUT2D eigenvalue weighted by Gasteiger charge is -2.13. The highest BCUT2D eigenvalue weighted by molar-refractivity contribution is 6.05. The molecule has 0 spiro atoms. The predicted molar refractivity (Wildman–Crippen MR) is 71.9 cm³/mol.